The largest absolute Gasteiger partial charge is 0.481 e. The quantitative estimate of drug-likeness (QED) is 0.00742. The first-order valence-corrected chi connectivity index (χ1v) is 37.8. The molecule has 9 rings (SSSR count). The first-order valence-electron chi connectivity index (χ1n) is 37.8. The Morgan fingerprint density at radius 1 is 0.359 bits per heavy atom. The fourth-order valence-corrected chi connectivity index (χ4v) is 11.7. The predicted octanol–water partition coefficient (Wildman–Crippen LogP) is 11.5. The van der Waals surface area contributed by atoms with E-state index in [1.807, 2.05) is 0 Å². The summed E-state index contributed by atoms with van der Waals surface area (Å²) in [5, 5.41) is 34.8. The van der Waals surface area contributed by atoms with Gasteiger partial charge in [0.05, 0.1) is 35.9 Å². The lowest BCUT2D eigenvalue weighted by atomic mass is 10.0. The highest BCUT2D eigenvalue weighted by atomic mass is 16.6. The molecule has 0 radical (unpaired) electrons. The van der Waals surface area contributed by atoms with E-state index >= 15 is 0 Å². The van der Waals surface area contributed by atoms with E-state index in [0.29, 0.717) is 127 Å². The zero-order valence-electron chi connectivity index (χ0n) is 65.8. The number of carboxylic acid groups (broad SMARTS) is 2. The van der Waals surface area contributed by atoms with Crippen molar-refractivity contribution in [2.45, 2.75) is 156 Å². The molecule has 2 atom stereocenters. The highest BCUT2D eigenvalue weighted by Crippen LogP contribution is 2.48. The van der Waals surface area contributed by atoms with Gasteiger partial charge in [-0.3, -0.25) is 57.5 Å². The Hall–Kier alpha value is -12.8. The molecule has 9 aromatic rings. The Labute approximate surface area is 669 Å². The molecule has 3 aromatic heterocycles. The summed E-state index contributed by atoms with van der Waals surface area (Å²) in [6, 6.07) is 23.2. The predicted molar refractivity (Wildman–Crippen MR) is 425 cm³/mol. The lowest BCUT2D eigenvalue weighted by molar-refractivity contribution is -0.142. The molecule has 0 saturated carbocycles. The molecule has 3 amide bonds. The van der Waals surface area contributed by atoms with Crippen molar-refractivity contribution in [3.8, 4) is 34.5 Å². The number of nitrogens with two attached hydrogens (primary N) is 2. The number of esters is 4. The van der Waals surface area contributed by atoms with Crippen LogP contribution in [0.25, 0.3) is 65.2 Å². The number of aliphatic carboxylic acids is 2. The van der Waals surface area contributed by atoms with E-state index in [0.717, 1.165) is 0 Å². The van der Waals surface area contributed by atoms with Crippen LogP contribution in [0.4, 0.5) is 14.4 Å². The van der Waals surface area contributed by atoms with E-state index in [9.17, 15) is 71.9 Å². The van der Waals surface area contributed by atoms with E-state index in [-0.39, 0.29) is 168 Å². The molecule has 11 N–H and O–H groups in total. The zero-order valence-corrected chi connectivity index (χ0v) is 65.8. The van der Waals surface area contributed by atoms with Crippen LogP contribution in [0.5, 0.6) is 34.5 Å². The molecule has 624 valence electrons. The summed E-state index contributed by atoms with van der Waals surface area (Å²) >= 11 is 0. The molecular weight excluding hydrogens is 1530 g/mol. The average Bonchev–Trinajstić information content (AvgIpc) is 1.66. The topological polar surface area (TPSA) is 513 Å². The van der Waals surface area contributed by atoms with Gasteiger partial charge in [-0.2, -0.15) is 0 Å². The van der Waals surface area contributed by atoms with Gasteiger partial charge < -0.3 is 94.7 Å². The molecule has 117 heavy (non-hydrogen) atoms. The van der Waals surface area contributed by atoms with Gasteiger partial charge in [-0.25, -0.2) is 14.4 Å². The highest BCUT2D eigenvalue weighted by molar-refractivity contribution is 6.15. The minimum atomic E-state index is -0.918. The van der Waals surface area contributed by atoms with Crippen LogP contribution >= 0.6 is 0 Å². The van der Waals surface area contributed by atoms with E-state index < -0.39 is 72.0 Å². The maximum Gasteiger partial charge on any atom is 0.412 e. The summed E-state index contributed by atoms with van der Waals surface area (Å²) in [7, 11) is 1.21. The number of amides is 3. The summed E-state index contributed by atoms with van der Waals surface area (Å²) in [6.07, 6.45) is 2.61. The van der Waals surface area contributed by atoms with Crippen molar-refractivity contribution in [2.75, 3.05) is 52.9 Å². The van der Waals surface area contributed by atoms with Crippen molar-refractivity contribution in [2.24, 2.45) is 11.5 Å². The number of ether oxygens (including phenoxy) is 7. The van der Waals surface area contributed by atoms with Crippen LogP contribution in [0.15, 0.2) is 104 Å². The van der Waals surface area contributed by atoms with Gasteiger partial charge >= 0.3 is 54.1 Å². The maximum absolute atomic E-state index is 12.7. The number of carbonyl (C=O) groups is 15. The minimum Gasteiger partial charge on any atom is -0.481 e. The smallest absolute Gasteiger partial charge is 0.412 e. The number of carboxylic acids is 2. The molecule has 0 aliphatic heterocycles. The molecule has 0 saturated heterocycles. The van der Waals surface area contributed by atoms with E-state index in [4.69, 9.17) is 63.4 Å². The molecule has 0 aliphatic rings. The third-order valence-electron chi connectivity index (χ3n) is 17.6. The molecule has 0 bridgehead atoms. The molecule has 0 fully saturated rings. The van der Waals surface area contributed by atoms with Gasteiger partial charge in [-0.15, -0.1) is 0 Å². The molecule has 3 heterocycles. The van der Waals surface area contributed by atoms with E-state index in [2.05, 4.69) is 31.3 Å². The van der Waals surface area contributed by atoms with Gasteiger partial charge in [0.15, 0.2) is 68.6 Å². The first-order chi connectivity index (χ1) is 55.9. The minimum absolute atomic E-state index is 0.0000308. The summed E-state index contributed by atoms with van der Waals surface area (Å²) in [5.74, 6) is -4.52. The van der Waals surface area contributed by atoms with Crippen LogP contribution in [0.3, 0.4) is 0 Å². The maximum atomic E-state index is 12.7. The Morgan fingerprint density at radius 2 is 0.709 bits per heavy atom. The third kappa shape index (κ3) is 27.5. The first kappa shape index (κ1) is 91.4. The molecule has 0 unspecified atom stereocenters. The van der Waals surface area contributed by atoms with Crippen molar-refractivity contribution in [1.82, 2.24) is 26.6 Å². The summed E-state index contributed by atoms with van der Waals surface area (Å²) in [5.41, 5.74) is 11.6. The van der Waals surface area contributed by atoms with Crippen LogP contribution in [-0.4, -0.2) is 164 Å². The Bertz CT molecular complexity index is 4980. The zero-order chi connectivity index (χ0) is 85.4. The lowest BCUT2D eigenvalue weighted by Crippen LogP contribution is -2.37. The third-order valence-corrected chi connectivity index (χ3v) is 17.6. The van der Waals surface area contributed by atoms with Crippen molar-refractivity contribution < 1.29 is 129 Å². The summed E-state index contributed by atoms with van der Waals surface area (Å²) in [4.78, 5) is 178. The Kier molecular flexibility index (Phi) is 35.4. The normalized spacial score (nSPS) is 11.5. The number of nitrogens with one attached hydrogen (secondary N) is 5. The van der Waals surface area contributed by atoms with Crippen molar-refractivity contribution in [3.63, 3.8) is 0 Å². The summed E-state index contributed by atoms with van der Waals surface area (Å²) < 4.78 is 55.8. The Balaban J connectivity index is 0.000000243. The number of carbonyl (C=O) groups excluding carboxylic acids is 13. The molecule has 0 spiro atoms. The average molecular weight is 1620 g/mol. The van der Waals surface area contributed by atoms with E-state index in [1.165, 1.54) is 66.9 Å². The van der Waals surface area contributed by atoms with Crippen molar-refractivity contribution >= 4 is 154 Å². The number of rotatable bonds is 42. The molecule has 34 nitrogen and oxygen atoms in total. The number of hydrogen-bond donors (Lipinski definition) is 9. The summed E-state index contributed by atoms with van der Waals surface area (Å²) in [6.45, 7) is 10.6. The number of furan rings is 3. The highest BCUT2D eigenvalue weighted by Gasteiger charge is 2.30. The van der Waals surface area contributed by atoms with Gasteiger partial charge in [0.1, 0.15) is 40.6 Å². The standard InChI is InChI=1S/C29H34N2O9.C27H31N3O9.C27H30N2O9/c1-18(32)13-16-30-14-8-12-25(36)39-26-20-9-5-6-10-21(20)27(28-22(26)17-23(38-28)19(2)33)40-29(37)31-15-7-3-4-11-24(34)35;1-14(31)19(28)9-6-10-22(33)38-23-16-7-4-5-8-17(16)24(25-18(23)13-21(37-25)15(2)32)39-27(35)30-12-11-20(29)26(34)36-3;1-16(30)15-28-12-7-11-23(34)37-24-18-8-3-4-9-19(18)25(26-20(24)14-21(36-26)17(2)31)38-27(35)29-13-6-5-10-22(32)33/h5-6,9-10,17,30H,3-4,7-8,11-16H2,1-2H3,(H,31,37)(H,34,35);4-5,7-8,13,19-20H,6,9-12,28-29H2,1-3H3,(H,30,35);3-4,8-9,14,28H,5-7,10-13,15H2,1-2H3,(H,29,35)(H,32,33)/t;19-,20-;/m.0./s1. The lowest BCUT2D eigenvalue weighted by Gasteiger charge is -2.14. The van der Waals surface area contributed by atoms with Gasteiger partial charge in [0, 0.05) is 118 Å². The fraction of sp³-hybridized carbons (Fsp3) is 0.386. The number of methoxy groups -OCH3 is 1. The van der Waals surface area contributed by atoms with Gasteiger partial charge in [0.25, 0.3) is 0 Å². The Morgan fingerprint density at radius 3 is 1.06 bits per heavy atom. The SMILES string of the molecule is CC(=O)CCNCCCC(=O)Oc1c2ccccc2c(OC(=O)NCCCCCC(=O)O)c2oc(C(C)=O)cc12.CC(=O)CNCCCC(=O)Oc1c2ccccc2c(OC(=O)NCCCCC(=O)O)c2oc(C(C)=O)cc12.COC(=O)[C@@H](N)CCNC(=O)Oc1c2ccccc2c(OC(=O)CCC[C@H](N)C(C)=O)c2cc(C(C)=O)oc12. The number of benzene rings is 6. The van der Waals surface area contributed by atoms with Gasteiger partial charge in [-0.1, -0.05) is 79.2 Å². The van der Waals surface area contributed by atoms with Gasteiger partial charge in [-0.05, 0) is 110 Å². The monoisotopic (exact) mass is 1620 g/mol. The van der Waals surface area contributed by atoms with Crippen LogP contribution in [0, 0.1) is 0 Å². The molecular formula is C83H95N7O27. The van der Waals surface area contributed by atoms with E-state index in [1.54, 1.807) is 72.8 Å². The molecule has 34 heteroatoms. The van der Waals surface area contributed by atoms with Crippen LogP contribution in [0.2, 0.25) is 0 Å². The second-order valence-electron chi connectivity index (χ2n) is 27.1. The van der Waals surface area contributed by atoms with Crippen molar-refractivity contribution in [1.29, 1.82) is 0 Å². The second-order valence-corrected chi connectivity index (χ2v) is 27.1. The van der Waals surface area contributed by atoms with Crippen molar-refractivity contribution in [3.05, 3.63) is 108 Å². The number of unbranched alkanes of at least 4 members (excludes halogenated alkanes) is 3. The number of fused-ring (bicyclic) bond motifs is 6. The van der Waals surface area contributed by atoms with Crippen LogP contribution in [-0.2, 0) is 47.9 Å². The van der Waals surface area contributed by atoms with Gasteiger partial charge in [0.2, 0.25) is 0 Å². The molecule has 0 aliphatic carbocycles. The number of Topliss-reactive ketones (excluding diaryl/α,β-unsaturated/α-hetero) is 6. The molecule has 6 aromatic carbocycles. The fourth-order valence-electron chi connectivity index (χ4n) is 11.7. The number of ketones is 6. The van der Waals surface area contributed by atoms with Crippen LogP contribution in [0.1, 0.15) is 176 Å². The van der Waals surface area contributed by atoms with Crippen LogP contribution < -0.4 is 66.5 Å². The number of hydrogen-bond acceptors (Lipinski definition) is 29. The second kappa shape index (κ2) is 45.3.